The third kappa shape index (κ3) is 4.56. The Morgan fingerprint density at radius 3 is 2.62 bits per heavy atom. The number of hydrogen-bond donors (Lipinski definition) is 1. The molecule has 3 aromatic rings. The van der Waals surface area contributed by atoms with E-state index in [2.05, 4.69) is 15.3 Å². The van der Waals surface area contributed by atoms with Crippen LogP contribution in [0.4, 0.5) is 5.69 Å². The first-order valence-electron chi connectivity index (χ1n) is 9.81. The summed E-state index contributed by atoms with van der Waals surface area (Å²) in [5, 5.41) is 9.44. The van der Waals surface area contributed by atoms with E-state index < -0.39 is 0 Å². The van der Waals surface area contributed by atoms with Crippen LogP contribution in [0.25, 0.3) is 0 Å². The van der Waals surface area contributed by atoms with Crippen LogP contribution in [0.1, 0.15) is 33.6 Å². The second kappa shape index (κ2) is 8.61. The summed E-state index contributed by atoms with van der Waals surface area (Å²) in [7, 11) is 0. The lowest BCUT2D eigenvalue weighted by Crippen LogP contribution is -2.45. The van der Waals surface area contributed by atoms with Crippen molar-refractivity contribution >= 4 is 22.9 Å². The van der Waals surface area contributed by atoms with Gasteiger partial charge in [-0.1, -0.05) is 30.3 Å². The van der Waals surface area contributed by atoms with Crippen LogP contribution < -0.4 is 15.8 Å². The molecule has 6 nitrogen and oxygen atoms in total. The number of nitrogens with zero attached hydrogens (tertiary/aromatic N) is 3. The first-order valence-corrected chi connectivity index (χ1v) is 10.7. The fourth-order valence-corrected chi connectivity index (χ4v) is 4.44. The fourth-order valence-electron chi connectivity index (χ4n) is 3.61. The van der Waals surface area contributed by atoms with E-state index in [4.69, 9.17) is 0 Å². The van der Waals surface area contributed by atoms with Crippen LogP contribution >= 0.6 is 11.3 Å². The third-order valence-electron chi connectivity index (χ3n) is 5.29. The summed E-state index contributed by atoms with van der Waals surface area (Å²) in [5.74, 6) is 0.0149. The lowest BCUT2D eigenvalue weighted by Gasteiger charge is -2.33. The van der Waals surface area contributed by atoms with Crippen LogP contribution in [0.5, 0.6) is 0 Å². The number of aromatic nitrogens is 2. The van der Waals surface area contributed by atoms with Crippen molar-refractivity contribution in [1.29, 1.82) is 0 Å². The summed E-state index contributed by atoms with van der Waals surface area (Å²) in [6.45, 7) is 4.01. The largest absolute Gasteiger partial charge is 0.370 e. The van der Waals surface area contributed by atoms with Crippen LogP contribution in [0.15, 0.2) is 58.8 Å². The summed E-state index contributed by atoms with van der Waals surface area (Å²) < 4.78 is 1.48. The van der Waals surface area contributed by atoms with Crippen molar-refractivity contribution in [2.24, 2.45) is 0 Å². The molecule has 0 spiro atoms. The standard InChI is InChI=1S/C22H24N4O2S/c1-16-9-12-29-21(16)22(28)24-18-7-10-25(11-8-18)19-13-20(27)26(23-14-19)15-17-5-3-2-4-6-17/h2-6,9,12-14,18H,7-8,10-11,15H2,1H3,(H,24,28). The molecular formula is C22H24N4O2S. The van der Waals surface area contributed by atoms with E-state index in [1.807, 2.05) is 48.7 Å². The number of thiophene rings is 1. The highest BCUT2D eigenvalue weighted by Gasteiger charge is 2.23. The molecule has 3 heterocycles. The summed E-state index contributed by atoms with van der Waals surface area (Å²) in [6.07, 6.45) is 3.46. The number of rotatable bonds is 5. The molecule has 1 fully saturated rings. The number of benzene rings is 1. The summed E-state index contributed by atoms with van der Waals surface area (Å²) in [6, 6.07) is 13.6. The van der Waals surface area contributed by atoms with Crippen molar-refractivity contribution < 1.29 is 4.79 Å². The van der Waals surface area contributed by atoms with E-state index >= 15 is 0 Å². The number of aryl methyl sites for hydroxylation is 1. The number of nitrogens with one attached hydrogen (secondary N) is 1. The first-order chi connectivity index (χ1) is 14.1. The summed E-state index contributed by atoms with van der Waals surface area (Å²) in [5.41, 5.74) is 2.81. The Bertz CT molecular complexity index is 1040. The lowest BCUT2D eigenvalue weighted by atomic mass is 10.0. The van der Waals surface area contributed by atoms with Gasteiger partial charge in [0.05, 0.1) is 23.3 Å². The van der Waals surface area contributed by atoms with E-state index in [1.165, 1.54) is 16.0 Å². The number of amides is 1. The minimum absolute atomic E-state index is 0.0149. The first kappa shape index (κ1) is 19.4. The molecule has 0 aliphatic carbocycles. The van der Waals surface area contributed by atoms with Crippen molar-refractivity contribution in [2.75, 3.05) is 18.0 Å². The Balaban J connectivity index is 1.35. The Morgan fingerprint density at radius 1 is 1.21 bits per heavy atom. The van der Waals surface area contributed by atoms with Crippen molar-refractivity contribution in [3.63, 3.8) is 0 Å². The van der Waals surface area contributed by atoms with Crippen LogP contribution in [-0.4, -0.2) is 34.8 Å². The lowest BCUT2D eigenvalue weighted by molar-refractivity contribution is 0.0934. The summed E-state index contributed by atoms with van der Waals surface area (Å²) >= 11 is 1.48. The topological polar surface area (TPSA) is 67.2 Å². The molecular weight excluding hydrogens is 384 g/mol. The van der Waals surface area contributed by atoms with Crippen LogP contribution in [-0.2, 0) is 6.54 Å². The average Bonchev–Trinajstić information content (AvgIpc) is 3.17. The molecule has 4 rings (SSSR count). The van der Waals surface area contributed by atoms with Gasteiger partial charge in [-0.2, -0.15) is 5.10 Å². The number of carbonyl (C=O) groups is 1. The smallest absolute Gasteiger partial charge is 0.269 e. The minimum Gasteiger partial charge on any atom is -0.370 e. The molecule has 2 aromatic heterocycles. The highest BCUT2D eigenvalue weighted by Crippen LogP contribution is 2.20. The molecule has 0 atom stereocenters. The van der Waals surface area contributed by atoms with Crippen molar-refractivity contribution in [1.82, 2.24) is 15.1 Å². The quantitative estimate of drug-likeness (QED) is 0.705. The van der Waals surface area contributed by atoms with Gasteiger partial charge in [0.1, 0.15) is 0 Å². The third-order valence-corrected chi connectivity index (χ3v) is 6.31. The van der Waals surface area contributed by atoms with Crippen molar-refractivity contribution in [3.8, 4) is 0 Å². The monoisotopic (exact) mass is 408 g/mol. The van der Waals surface area contributed by atoms with Gasteiger partial charge in [0.25, 0.3) is 11.5 Å². The molecule has 0 radical (unpaired) electrons. The Kier molecular flexibility index (Phi) is 5.76. The average molecular weight is 409 g/mol. The second-order valence-corrected chi connectivity index (χ2v) is 8.28. The van der Waals surface area contributed by atoms with Gasteiger partial charge in [-0.05, 0) is 42.3 Å². The van der Waals surface area contributed by atoms with E-state index in [9.17, 15) is 9.59 Å². The van der Waals surface area contributed by atoms with Gasteiger partial charge < -0.3 is 10.2 Å². The zero-order chi connectivity index (χ0) is 20.2. The zero-order valence-electron chi connectivity index (χ0n) is 16.4. The number of anilines is 1. The molecule has 0 saturated carbocycles. The molecule has 0 bridgehead atoms. The van der Waals surface area contributed by atoms with Gasteiger partial charge in [-0.15, -0.1) is 11.3 Å². The molecule has 29 heavy (non-hydrogen) atoms. The predicted octanol–water partition coefficient (Wildman–Crippen LogP) is 3.06. The number of hydrogen-bond acceptors (Lipinski definition) is 5. The van der Waals surface area contributed by atoms with Crippen LogP contribution in [0, 0.1) is 6.92 Å². The van der Waals surface area contributed by atoms with Gasteiger partial charge >= 0.3 is 0 Å². The highest BCUT2D eigenvalue weighted by molar-refractivity contribution is 7.12. The van der Waals surface area contributed by atoms with Gasteiger partial charge in [0.2, 0.25) is 0 Å². The molecule has 7 heteroatoms. The Labute approximate surface area is 173 Å². The maximum absolute atomic E-state index is 12.5. The maximum atomic E-state index is 12.5. The Morgan fingerprint density at radius 2 is 1.97 bits per heavy atom. The van der Waals surface area contributed by atoms with Gasteiger partial charge in [-0.3, -0.25) is 9.59 Å². The molecule has 1 aliphatic rings. The van der Waals surface area contributed by atoms with Gasteiger partial charge in [0.15, 0.2) is 0 Å². The van der Waals surface area contributed by atoms with E-state index in [-0.39, 0.29) is 17.5 Å². The maximum Gasteiger partial charge on any atom is 0.269 e. The highest BCUT2D eigenvalue weighted by atomic mass is 32.1. The number of piperidine rings is 1. The van der Waals surface area contributed by atoms with Crippen molar-refractivity contribution in [3.05, 3.63) is 80.4 Å². The van der Waals surface area contributed by atoms with Crippen molar-refractivity contribution in [2.45, 2.75) is 32.4 Å². The van der Waals surface area contributed by atoms with E-state index in [1.54, 1.807) is 12.3 Å². The fraction of sp³-hybridized carbons (Fsp3) is 0.318. The number of carbonyl (C=O) groups excluding carboxylic acids is 1. The zero-order valence-corrected chi connectivity index (χ0v) is 17.2. The SMILES string of the molecule is Cc1ccsc1C(=O)NC1CCN(c2cnn(Cc3ccccc3)c(=O)c2)CC1. The van der Waals surface area contributed by atoms with Gasteiger partial charge in [-0.25, -0.2) is 4.68 Å². The molecule has 1 saturated heterocycles. The molecule has 0 unspecified atom stereocenters. The molecule has 1 aromatic carbocycles. The summed E-state index contributed by atoms with van der Waals surface area (Å²) in [4.78, 5) is 27.8. The van der Waals surface area contributed by atoms with Crippen LogP contribution in [0.3, 0.4) is 0 Å². The molecule has 1 aliphatic heterocycles. The van der Waals surface area contributed by atoms with E-state index in [0.29, 0.717) is 6.54 Å². The molecule has 150 valence electrons. The predicted molar refractivity (Wildman–Crippen MR) is 116 cm³/mol. The molecule has 1 amide bonds. The van der Waals surface area contributed by atoms with E-state index in [0.717, 1.165) is 47.6 Å². The minimum atomic E-state index is -0.102. The van der Waals surface area contributed by atoms with Gasteiger partial charge in [0, 0.05) is 25.2 Å². The molecule has 1 N–H and O–H groups in total. The second-order valence-electron chi connectivity index (χ2n) is 7.36. The van der Waals surface area contributed by atoms with Crippen LogP contribution in [0.2, 0.25) is 0 Å². The Hall–Kier alpha value is -2.93. The normalized spacial score (nSPS) is 14.7.